The van der Waals surface area contributed by atoms with Crippen LogP contribution < -0.4 is 22.6 Å². The lowest BCUT2D eigenvalue weighted by Crippen LogP contribution is -3.38. The maximum atomic E-state index is 4.69. The van der Waals surface area contributed by atoms with Crippen molar-refractivity contribution in [1.82, 2.24) is 0 Å². The van der Waals surface area contributed by atoms with E-state index in [1.807, 2.05) is 6.21 Å². The predicted molar refractivity (Wildman–Crippen MR) is 67.9 cm³/mol. The number of hydrogen-bond donors (Lipinski definition) is 0. The highest BCUT2D eigenvalue weighted by atomic mass is 127. The molecule has 0 bridgehead atoms. The monoisotopic (exact) mass is 337 g/mol. The van der Waals surface area contributed by atoms with Crippen molar-refractivity contribution in [3.05, 3.63) is 47.6 Å². The van der Waals surface area contributed by atoms with Crippen LogP contribution >= 0.6 is 0 Å². The summed E-state index contributed by atoms with van der Waals surface area (Å²) in [6.45, 7) is 0. The molecule has 1 radical (unpaired) electrons. The standard InChI is InChI=1S/C15H16IN/c16-13-7-5-12(6-8-13)15-14-4-2-1-3-11(14)9-10-17-15/h2,4-7,9-10,13-15H,1,3,8H2/q-1. The Labute approximate surface area is 116 Å². The number of rotatable bonds is 1. The van der Waals surface area contributed by atoms with Crippen LogP contribution in [0.1, 0.15) is 19.3 Å². The van der Waals surface area contributed by atoms with Crippen molar-refractivity contribution in [3.63, 3.8) is 0 Å². The number of nitrogens with zero attached hydrogens (tertiary/aromatic N) is 1. The molecular weight excluding hydrogens is 321 g/mol. The third kappa shape index (κ3) is 2.32. The van der Waals surface area contributed by atoms with Gasteiger partial charge in [-0.1, -0.05) is 29.9 Å². The first-order valence-electron chi connectivity index (χ1n) is 6.26. The summed E-state index contributed by atoms with van der Waals surface area (Å²) in [4.78, 5) is 4.69. The van der Waals surface area contributed by atoms with E-state index in [2.05, 4.69) is 64.0 Å². The van der Waals surface area contributed by atoms with Gasteiger partial charge in [0, 0.05) is 12.1 Å². The van der Waals surface area contributed by atoms with E-state index >= 15 is 0 Å². The van der Waals surface area contributed by atoms with Crippen molar-refractivity contribution >= 4 is 6.21 Å². The second kappa shape index (κ2) is 4.92. The molecule has 0 N–H and O–H groups in total. The van der Waals surface area contributed by atoms with Gasteiger partial charge in [0.2, 0.25) is 0 Å². The summed E-state index contributed by atoms with van der Waals surface area (Å²) in [6, 6.07) is 0.326. The summed E-state index contributed by atoms with van der Waals surface area (Å²) >= 11 is 2.48. The molecule has 0 amide bonds. The SMILES string of the molecule is [I-]C1C=CC(C2N=CC=C3CCC=CC32)=CC1. The Hall–Kier alpha value is -0.640. The fraction of sp³-hybridized carbons (Fsp3) is 0.400. The van der Waals surface area contributed by atoms with Crippen molar-refractivity contribution < 1.29 is 22.6 Å². The molecule has 0 saturated carbocycles. The molecule has 89 valence electrons. The number of halogens is 1. The van der Waals surface area contributed by atoms with Gasteiger partial charge in [0.1, 0.15) is 0 Å². The zero-order chi connectivity index (χ0) is 11.7. The molecule has 2 aliphatic carbocycles. The Kier molecular flexibility index (Phi) is 3.32. The zero-order valence-corrected chi connectivity index (χ0v) is 11.9. The van der Waals surface area contributed by atoms with E-state index in [0.29, 0.717) is 15.9 Å². The van der Waals surface area contributed by atoms with Crippen LogP contribution in [0, 0.1) is 5.92 Å². The number of hydrogen-bond acceptors (Lipinski definition) is 1. The van der Waals surface area contributed by atoms with E-state index < -0.39 is 0 Å². The third-order valence-electron chi connectivity index (χ3n) is 3.66. The molecule has 0 aromatic heterocycles. The summed E-state index contributed by atoms with van der Waals surface area (Å²) in [5, 5.41) is 0. The summed E-state index contributed by atoms with van der Waals surface area (Å²) in [6.07, 6.45) is 19.3. The quantitative estimate of drug-likeness (QED) is 0.367. The van der Waals surface area contributed by atoms with Crippen molar-refractivity contribution in [2.75, 3.05) is 0 Å². The van der Waals surface area contributed by atoms with Crippen molar-refractivity contribution in [2.45, 2.75) is 29.2 Å². The Morgan fingerprint density at radius 2 is 2.24 bits per heavy atom. The minimum absolute atomic E-state index is 0.326. The van der Waals surface area contributed by atoms with Gasteiger partial charge in [-0.05, 0) is 30.9 Å². The van der Waals surface area contributed by atoms with E-state index in [1.165, 1.54) is 18.4 Å². The lowest BCUT2D eigenvalue weighted by atomic mass is 9.79. The number of allylic oxidation sites excluding steroid dienone is 4. The van der Waals surface area contributed by atoms with Gasteiger partial charge in [0.25, 0.3) is 0 Å². The maximum absolute atomic E-state index is 4.69. The molecule has 0 fully saturated rings. The first-order valence-corrected chi connectivity index (χ1v) is 7.50. The maximum Gasteiger partial charge on any atom is 0.0845 e. The van der Waals surface area contributed by atoms with Gasteiger partial charge in [-0.15, -0.1) is 10.0 Å². The van der Waals surface area contributed by atoms with Crippen LogP contribution in [-0.4, -0.2) is 16.2 Å². The minimum Gasteiger partial charge on any atom is -0.789 e. The average molecular weight is 337 g/mol. The topological polar surface area (TPSA) is 12.4 Å². The largest absolute Gasteiger partial charge is 0.789 e. The number of fused-ring (bicyclic) bond motifs is 1. The Morgan fingerprint density at radius 1 is 1.29 bits per heavy atom. The van der Waals surface area contributed by atoms with Crippen LogP contribution in [0.15, 0.2) is 52.6 Å². The fourth-order valence-electron chi connectivity index (χ4n) is 2.73. The molecule has 0 aromatic rings. The molecule has 3 rings (SSSR count). The van der Waals surface area contributed by atoms with Gasteiger partial charge in [-0.25, -0.2) is 0 Å². The Balaban J connectivity index is 1.87. The van der Waals surface area contributed by atoms with Crippen LogP contribution in [0.4, 0.5) is 0 Å². The Bertz CT molecular complexity index is 454. The molecule has 1 heterocycles. The van der Waals surface area contributed by atoms with E-state index in [0.717, 1.165) is 6.42 Å². The lowest BCUT2D eigenvalue weighted by molar-refractivity contribution is -0.402. The van der Waals surface area contributed by atoms with Gasteiger partial charge in [-0.2, -0.15) is 0 Å². The lowest BCUT2D eigenvalue weighted by Gasteiger charge is -2.32. The van der Waals surface area contributed by atoms with Gasteiger partial charge in [-0.3, -0.25) is 4.99 Å². The van der Waals surface area contributed by atoms with E-state index in [1.54, 1.807) is 5.57 Å². The van der Waals surface area contributed by atoms with Gasteiger partial charge in [0.15, 0.2) is 0 Å². The molecule has 3 atom stereocenters. The van der Waals surface area contributed by atoms with Crippen molar-refractivity contribution in [2.24, 2.45) is 10.9 Å². The molecule has 1 aliphatic heterocycles. The molecule has 3 aliphatic rings. The summed E-state index contributed by atoms with van der Waals surface area (Å²) in [5.41, 5.74) is 2.95. The van der Waals surface area contributed by atoms with Gasteiger partial charge >= 0.3 is 0 Å². The molecular formula is C15H16IN-. The molecule has 2 heteroatoms. The average Bonchev–Trinajstić information content (AvgIpc) is 2.39. The second-order valence-electron chi connectivity index (χ2n) is 4.79. The third-order valence-corrected chi connectivity index (χ3v) is 4.59. The first kappa shape index (κ1) is 11.5. The zero-order valence-electron chi connectivity index (χ0n) is 9.72. The number of aliphatic imine (C=N–C) groups is 1. The molecule has 17 heavy (non-hydrogen) atoms. The van der Waals surface area contributed by atoms with Crippen LogP contribution in [0.2, 0.25) is 0 Å². The minimum atomic E-state index is 0.326. The van der Waals surface area contributed by atoms with E-state index in [9.17, 15) is 0 Å². The highest BCUT2D eigenvalue weighted by Crippen LogP contribution is 2.34. The molecule has 0 spiro atoms. The number of dihydropyridines is 1. The van der Waals surface area contributed by atoms with Gasteiger partial charge in [0.05, 0.1) is 6.04 Å². The van der Waals surface area contributed by atoms with Crippen LogP contribution in [0.25, 0.3) is 0 Å². The predicted octanol–water partition coefficient (Wildman–Crippen LogP) is 0.140. The van der Waals surface area contributed by atoms with Crippen molar-refractivity contribution in [3.8, 4) is 0 Å². The molecule has 0 saturated heterocycles. The summed E-state index contributed by atoms with van der Waals surface area (Å²) in [7, 11) is 0. The molecule has 1 nitrogen and oxygen atoms in total. The summed E-state index contributed by atoms with van der Waals surface area (Å²) < 4.78 is 0.654. The number of alkyl halides is 1. The highest BCUT2D eigenvalue weighted by molar-refractivity contribution is 5.75. The van der Waals surface area contributed by atoms with E-state index in [4.69, 9.17) is 0 Å². The van der Waals surface area contributed by atoms with Crippen molar-refractivity contribution in [1.29, 1.82) is 0 Å². The first-order chi connectivity index (χ1) is 8.34. The van der Waals surface area contributed by atoms with Crippen LogP contribution in [0.5, 0.6) is 0 Å². The molecule has 3 unspecified atom stereocenters. The second-order valence-corrected chi connectivity index (χ2v) is 6.39. The molecule has 0 aromatic carbocycles. The fourth-order valence-corrected chi connectivity index (χ4v) is 3.20. The van der Waals surface area contributed by atoms with Crippen LogP contribution in [-0.2, 0) is 0 Å². The van der Waals surface area contributed by atoms with Gasteiger partial charge < -0.3 is 22.6 Å². The smallest absolute Gasteiger partial charge is 0.0845 e. The summed E-state index contributed by atoms with van der Waals surface area (Å²) in [5.74, 6) is 0.510. The van der Waals surface area contributed by atoms with E-state index in [-0.39, 0.29) is 0 Å². The Morgan fingerprint density at radius 3 is 3.06 bits per heavy atom. The normalized spacial score (nSPS) is 35.2. The van der Waals surface area contributed by atoms with Crippen LogP contribution in [0.3, 0.4) is 0 Å². The highest BCUT2D eigenvalue weighted by Gasteiger charge is 2.27.